The summed E-state index contributed by atoms with van der Waals surface area (Å²) in [5.41, 5.74) is 0. The molecule has 1 heterocycles. The lowest BCUT2D eigenvalue weighted by molar-refractivity contribution is -0.186. The van der Waals surface area contributed by atoms with E-state index in [1.54, 1.807) is 0 Å². The summed E-state index contributed by atoms with van der Waals surface area (Å²) in [5, 5.41) is 3.55. The first kappa shape index (κ1) is 16.1. The summed E-state index contributed by atoms with van der Waals surface area (Å²) in [6, 6.07) is 1.14. The summed E-state index contributed by atoms with van der Waals surface area (Å²) in [6.07, 6.45) is 2.36. The zero-order valence-electron chi connectivity index (χ0n) is 12.4. The van der Waals surface area contributed by atoms with E-state index in [0.717, 1.165) is 25.8 Å². The number of hydrogen-bond donors (Lipinski definition) is 1. The topological polar surface area (TPSA) is 15.3 Å². The molecule has 1 aliphatic carbocycles. The minimum atomic E-state index is -3.99. The smallest absolute Gasteiger partial charge is 0.314 e. The molecular weight excluding hydrogens is 265 g/mol. The molecule has 1 saturated heterocycles. The number of alkyl halides is 3. The molecule has 20 heavy (non-hydrogen) atoms. The molecule has 2 fully saturated rings. The van der Waals surface area contributed by atoms with Gasteiger partial charge in [0.05, 0.1) is 5.92 Å². The van der Waals surface area contributed by atoms with Crippen molar-refractivity contribution in [3.63, 3.8) is 0 Å². The van der Waals surface area contributed by atoms with Crippen LogP contribution in [0, 0.1) is 5.92 Å². The summed E-state index contributed by atoms with van der Waals surface area (Å²) in [5.74, 6) is -1.07. The summed E-state index contributed by atoms with van der Waals surface area (Å²) >= 11 is 0. The molecule has 0 aromatic carbocycles. The highest BCUT2D eigenvalue weighted by molar-refractivity contribution is 4.86. The van der Waals surface area contributed by atoms with Crippen LogP contribution in [0.2, 0.25) is 0 Å². The van der Waals surface area contributed by atoms with Crippen LogP contribution >= 0.6 is 0 Å². The average molecular weight is 292 g/mol. The Morgan fingerprint density at radius 1 is 1.00 bits per heavy atom. The Hall–Kier alpha value is -0.290. The van der Waals surface area contributed by atoms with Gasteiger partial charge in [-0.3, -0.25) is 0 Å². The molecule has 5 heteroatoms. The van der Waals surface area contributed by atoms with E-state index >= 15 is 0 Å². The Balaban J connectivity index is 1.70. The lowest BCUT2D eigenvalue weighted by Crippen LogP contribution is -2.47. The molecule has 0 aromatic heterocycles. The second kappa shape index (κ2) is 7.12. The van der Waals surface area contributed by atoms with Gasteiger partial charge >= 0.3 is 6.18 Å². The summed E-state index contributed by atoms with van der Waals surface area (Å²) in [6.45, 7) is 4.50. The van der Waals surface area contributed by atoms with Gasteiger partial charge in [0.1, 0.15) is 0 Å². The number of likely N-dealkylation sites (tertiary alicyclic amines) is 1. The van der Waals surface area contributed by atoms with Crippen LogP contribution < -0.4 is 5.32 Å². The highest BCUT2D eigenvalue weighted by Crippen LogP contribution is 2.36. The van der Waals surface area contributed by atoms with Crippen LogP contribution in [0.4, 0.5) is 13.2 Å². The molecule has 118 valence electrons. The first-order valence-electron chi connectivity index (χ1n) is 8.05. The van der Waals surface area contributed by atoms with E-state index in [1.165, 1.54) is 12.8 Å². The van der Waals surface area contributed by atoms with Crippen molar-refractivity contribution in [2.75, 3.05) is 19.6 Å². The molecule has 2 aliphatic rings. The van der Waals surface area contributed by atoms with Crippen molar-refractivity contribution in [2.24, 2.45) is 5.92 Å². The van der Waals surface area contributed by atoms with E-state index in [4.69, 9.17) is 0 Å². The lowest BCUT2D eigenvalue weighted by atomic mass is 9.87. The zero-order chi connectivity index (χ0) is 14.6. The van der Waals surface area contributed by atoms with Crippen LogP contribution in [0.15, 0.2) is 0 Å². The van der Waals surface area contributed by atoms with Crippen molar-refractivity contribution in [3.8, 4) is 0 Å². The second-order valence-electron chi connectivity index (χ2n) is 6.31. The van der Waals surface area contributed by atoms with Crippen LogP contribution in [-0.4, -0.2) is 42.8 Å². The predicted molar refractivity (Wildman–Crippen MR) is 74.7 cm³/mol. The van der Waals surface area contributed by atoms with Crippen LogP contribution in [0.5, 0.6) is 0 Å². The highest BCUT2D eigenvalue weighted by atomic mass is 19.4. The Labute approximate surface area is 120 Å². The first-order valence-corrected chi connectivity index (χ1v) is 8.05. The maximum Gasteiger partial charge on any atom is 0.391 e. The fourth-order valence-electron chi connectivity index (χ4n) is 3.59. The van der Waals surface area contributed by atoms with Gasteiger partial charge in [0.25, 0.3) is 0 Å². The molecule has 1 saturated carbocycles. The quantitative estimate of drug-likeness (QED) is 0.852. The molecule has 0 spiro atoms. The van der Waals surface area contributed by atoms with Gasteiger partial charge in [-0.25, -0.2) is 0 Å². The third-order valence-electron chi connectivity index (χ3n) is 4.89. The van der Waals surface area contributed by atoms with Crippen LogP contribution in [-0.2, 0) is 0 Å². The normalized spacial score (nSPS) is 30.6. The predicted octanol–water partition coefficient (Wildman–Crippen LogP) is 3.57. The third kappa shape index (κ3) is 4.35. The van der Waals surface area contributed by atoms with Gasteiger partial charge in [0.15, 0.2) is 0 Å². The molecule has 0 atom stereocenters. The largest absolute Gasteiger partial charge is 0.391 e. The third-order valence-corrected chi connectivity index (χ3v) is 4.89. The molecule has 2 rings (SSSR count). The van der Waals surface area contributed by atoms with Crippen LogP contribution in [0.1, 0.15) is 51.9 Å². The number of hydrogen-bond acceptors (Lipinski definition) is 2. The monoisotopic (exact) mass is 292 g/mol. The molecular formula is C15H27F3N2. The number of piperidine rings is 1. The Kier molecular flexibility index (Phi) is 5.73. The van der Waals surface area contributed by atoms with Crippen molar-refractivity contribution >= 4 is 0 Å². The SMILES string of the molecule is CCCNC1CCC(N2CCC(C(F)(F)F)CC2)CC1. The molecule has 0 amide bonds. The van der Waals surface area contributed by atoms with Gasteiger partial charge in [0.2, 0.25) is 0 Å². The number of rotatable bonds is 4. The molecule has 0 radical (unpaired) electrons. The standard InChI is InChI=1S/C15H27F3N2/c1-2-9-19-13-3-5-14(6-4-13)20-10-7-12(8-11-20)15(16,17)18/h12-14,19H,2-11H2,1H3. The van der Waals surface area contributed by atoms with Crippen molar-refractivity contribution < 1.29 is 13.2 Å². The van der Waals surface area contributed by atoms with E-state index in [2.05, 4.69) is 17.1 Å². The average Bonchev–Trinajstić information content (AvgIpc) is 2.45. The Morgan fingerprint density at radius 3 is 2.10 bits per heavy atom. The van der Waals surface area contributed by atoms with Crippen molar-refractivity contribution in [1.29, 1.82) is 0 Å². The molecule has 0 aromatic rings. The van der Waals surface area contributed by atoms with E-state index < -0.39 is 12.1 Å². The number of nitrogens with zero attached hydrogens (tertiary/aromatic N) is 1. The van der Waals surface area contributed by atoms with E-state index in [0.29, 0.717) is 25.2 Å². The second-order valence-corrected chi connectivity index (χ2v) is 6.31. The Morgan fingerprint density at radius 2 is 1.60 bits per heavy atom. The van der Waals surface area contributed by atoms with Gasteiger partial charge < -0.3 is 10.2 Å². The highest BCUT2D eigenvalue weighted by Gasteiger charge is 2.42. The van der Waals surface area contributed by atoms with Gasteiger partial charge in [-0.15, -0.1) is 0 Å². The Bertz CT molecular complexity index is 277. The summed E-state index contributed by atoms with van der Waals surface area (Å²) < 4.78 is 38.0. The number of halogens is 3. The van der Waals surface area contributed by atoms with Gasteiger partial charge in [-0.2, -0.15) is 13.2 Å². The van der Waals surface area contributed by atoms with Crippen molar-refractivity contribution in [1.82, 2.24) is 10.2 Å². The van der Waals surface area contributed by atoms with E-state index in [1.807, 2.05) is 0 Å². The van der Waals surface area contributed by atoms with Gasteiger partial charge in [-0.1, -0.05) is 6.92 Å². The van der Waals surface area contributed by atoms with Gasteiger partial charge in [0, 0.05) is 12.1 Å². The summed E-state index contributed by atoms with van der Waals surface area (Å²) in [4.78, 5) is 2.30. The maximum absolute atomic E-state index is 12.7. The minimum Gasteiger partial charge on any atom is -0.314 e. The van der Waals surface area contributed by atoms with Crippen molar-refractivity contribution in [3.05, 3.63) is 0 Å². The minimum absolute atomic E-state index is 0.289. The summed E-state index contributed by atoms with van der Waals surface area (Å²) in [7, 11) is 0. The molecule has 0 bridgehead atoms. The number of nitrogens with one attached hydrogen (secondary N) is 1. The van der Waals surface area contributed by atoms with Crippen LogP contribution in [0.25, 0.3) is 0 Å². The molecule has 2 nitrogen and oxygen atoms in total. The fourth-order valence-corrected chi connectivity index (χ4v) is 3.59. The first-order chi connectivity index (χ1) is 9.50. The maximum atomic E-state index is 12.7. The molecule has 1 N–H and O–H groups in total. The molecule has 0 unspecified atom stereocenters. The zero-order valence-corrected chi connectivity index (χ0v) is 12.4. The van der Waals surface area contributed by atoms with E-state index in [9.17, 15) is 13.2 Å². The van der Waals surface area contributed by atoms with Gasteiger partial charge in [-0.05, 0) is 64.6 Å². The fraction of sp³-hybridized carbons (Fsp3) is 1.00. The van der Waals surface area contributed by atoms with Crippen LogP contribution in [0.3, 0.4) is 0 Å². The molecule has 1 aliphatic heterocycles. The van der Waals surface area contributed by atoms with E-state index in [-0.39, 0.29) is 12.8 Å². The van der Waals surface area contributed by atoms with Crippen molar-refractivity contribution in [2.45, 2.75) is 70.1 Å². The lowest BCUT2D eigenvalue weighted by Gasteiger charge is -2.41.